The first-order valence-corrected chi connectivity index (χ1v) is 7.22. The summed E-state index contributed by atoms with van der Waals surface area (Å²) >= 11 is 1.50. The molecule has 2 aromatic rings. The number of carbonyl (C=O) groups is 2. The lowest BCUT2D eigenvalue weighted by Gasteiger charge is -2.05. The number of hydrogen-bond acceptors (Lipinski definition) is 5. The molecule has 0 fully saturated rings. The molecule has 0 spiro atoms. The SMILES string of the molecule is COC(=O)c1ccc(CNC(=O)c2nc(C)sc2C)cc1. The van der Waals surface area contributed by atoms with Crippen molar-refractivity contribution >= 4 is 23.2 Å². The molecule has 0 saturated carbocycles. The third kappa shape index (κ3) is 3.66. The van der Waals surface area contributed by atoms with Crippen molar-refractivity contribution in [3.63, 3.8) is 0 Å². The number of ether oxygens (including phenoxy) is 1. The van der Waals surface area contributed by atoms with Gasteiger partial charge in [-0.25, -0.2) is 9.78 Å². The minimum absolute atomic E-state index is 0.186. The summed E-state index contributed by atoms with van der Waals surface area (Å²) in [6, 6.07) is 6.91. The van der Waals surface area contributed by atoms with Gasteiger partial charge in [-0.05, 0) is 31.5 Å². The molecule has 1 aromatic carbocycles. The molecule has 1 heterocycles. The Bertz CT molecular complexity index is 662. The Labute approximate surface area is 127 Å². The number of nitrogens with zero attached hydrogens (tertiary/aromatic N) is 1. The lowest BCUT2D eigenvalue weighted by molar-refractivity contribution is 0.0600. The van der Waals surface area contributed by atoms with Gasteiger partial charge in [0.25, 0.3) is 5.91 Å². The van der Waals surface area contributed by atoms with Crippen molar-refractivity contribution in [1.82, 2.24) is 10.3 Å². The number of aryl methyl sites for hydroxylation is 2. The average Bonchev–Trinajstić information content (AvgIpc) is 2.83. The number of hydrogen-bond donors (Lipinski definition) is 1. The molecule has 6 heteroatoms. The molecule has 0 bridgehead atoms. The van der Waals surface area contributed by atoms with E-state index in [2.05, 4.69) is 15.0 Å². The molecule has 0 aliphatic carbocycles. The van der Waals surface area contributed by atoms with Crippen molar-refractivity contribution in [3.05, 3.63) is 51.0 Å². The van der Waals surface area contributed by atoms with Gasteiger partial charge in [0.15, 0.2) is 0 Å². The monoisotopic (exact) mass is 304 g/mol. The van der Waals surface area contributed by atoms with Gasteiger partial charge in [-0.2, -0.15) is 0 Å². The van der Waals surface area contributed by atoms with Crippen LogP contribution in [0.5, 0.6) is 0 Å². The highest BCUT2D eigenvalue weighted by atomic mass is 32.1. The van der Waals surface area contributed by atoms with E-state index in [1.807, 2.05) is 13.8 Å². The lowest BCUT2D eigenvalue weighted by atomic mass is 10.1. The standard InChI is InChI=1S/C15H16N2O3S/c1-9-13(17-10(2)21-9)14(18)16-8-11-4-6-12(7-5-11)15(19)20-3/h4-7H,8H2,1-3H3,(H,16,18). The van der Waals surface area contributed by atoms with Crippen LogP contribution in [-0.4, -0.2) is 24.0 Å². The largest absolute Gasteiger partial charge is 0.465 e. The van der Waals surface area contributed by atoms with Gasteiger partial charge in [0, 0.05) is 11.4 Å². The van der Waals surface area contributed by atoms with Gasteiger partial charge in [-0.3, -0.25) is 4.79 Å². The Morgan fingerprint density at radius 3 is 2.43 bits per heavy atom. The number of benzene rings is 1. The van der Waals surface area contributed by atoms with Crippen molar-refractivity contribution in [3.8, 4) is 0 Å². The van der Waals surface area contributed by atoms with Crippen LogP contribution in [0, 0.1) is 13.8 Å². The van der Waals surface area contributed by atoms with Crippen molar-refractivity contribution in [2.75, 3.05) is 7.11 Å². The smallest absolute Gasteiger partial charge is 0.337 e. The van der Waals surface area contributed by atoms with Crippen LogP contribution in [0.2, 0.25) is 0 Å². The lowest BCUT2D eigenvalue weighted by Crippen LogP contribution is -2.23. The van der Waals surface area contributed by atoms with Crippen LogP contribution in [0.1, 0.15) is 36.3 Å². The summed E-state index contributed by atoms with van der Waals surface area (Å²) in [6.45, 7) is 4.14. The second kappa shape index (κ2) is 6.49. The van der Waals surface area contributed by atoms with Crippen LogP contribution in [0.3, 0.4) is 0 Å². The number of amides is 1. The molecular weight excluding hydrogens is 288 g/mol. The first-order valence-electron chi connectivity index (χ1n) is 6.40. The van der Waals surface area contributed by atoms with E-state index in [0.29, 0.717) is 17.8 Å². The van der Waals surface area contributed by atoms with E-state index in [1.165, 1.54) is 18.4 Å². The third-order valence-corrected chi connectivity index (χ3v) is 3.83. The number of carbonyl (C=O) groups excluding carboxylic acids is 2. The fourth-order valence-electron chi connectivity index (χ4n) is 1.88. The van der Waals surface area contributed by atoms with Gasteiger partial charge in [-0.1, -0.05) is 12.1 Å². The molecular formula is C15H16N2O3S. The number of rotatable bonds is 4. The first kappa shape index (κ1) is 15.2. The molecule has 2 rings (SSSR count). The zero-order chi connectivity index (χ0) is 15.4. The second-order valence-corrected chi connectivity index (χ2v) is 5.92. The average molecular weight is 304 g/mol. The normalized spacial score (nSPS) is 10.2. The Balaban J connectivity index is 1.98. The van der Waals surface area contributed by atoms with Crippen LogP contribution in [0.15, 0.2) is 24.3 Å². The summed E-state index contributed by atoms with van der Waals surface area (Å²) in [5.74, 6) is -0.562. The maximum Gasteiger partial charge on any atom is 0.337 e. The van der Waals surface area contributed by atoms with Gasteiger partial charge in [0.1, 0.15) is 5.69 Å². The fraction of sp³-hybridized carbons (Fsp3) is 0.267. The van der Waals surface area contributed by atoms with E-state index >= 15 is 0 Å². The zero-order valence-corrected chi connectivity index (χ0v) is 12.9. The number of nitrogens with one attached hydrogen (secondary N) is 1. The quantitative estimate of drug-likeness (QED) is 0.881. The van der Waals surface area contributed by atoms with Crippen LogP contribution < -0.4 is 5.32 Å². The highest BCUT2D eigenvalue weighted by Gasteiger charge is 2.13. The zero-order valence-electron chi connectivity index (χ0n) is 12.1. The van der Waals surface area contributed by atoms with Gasteiger partial charge in [0.05, 0.1) is 17.7 Å². The molecule has 0 unspecified atom stereocenters. The maximum absolute atomic E-state index is 12.0. The Hall–Kier alpha value is -2.21. The Morgan fingerprint density at radius 1 is 1.24 bits per heavy atom. The summed E-state index contributed by atoms with van der Waals surface area (Å²) in [5.41, 5.74) is 1.86. The van der Waals surface area contributed by atoms with Crippen molar-refractivity contribution in [1.29, 1.82) is 0 Å². The Kier molecular flexibility index (Phi) is 4.70. The molecule has 0 aliphatic heterocycles. The van der Waals surface area contributed by atoms with E-state index in [1.54, 1.807) is 24.3 Å². The van der Waals surface area contributed by atoms with Crippen LogP contribution in [0.4, 0.5) is 0 Å². The summed E-state index contributed by atoms with van der Waals surface area (Å²) in [4.78, 5) is 28.5. The van der Waals surface area contributed by atoms with Crippen LogP contribution in [-0.2, 0) is 11.3 Å². The molecule has 0 aliphatic rings. The van der Waals surface area contributed by atoms with Gasteiger partial charge < -0.3 is 10.1 Å². The van der Waals surface area contributed by atoms with Crippen molar-refractivity contribution in [2.24, 2.45) is 0 Å². The second-order valence-electron chi connectivity index (χ2n) is 4.51. The molecule has 1 aromatic heterocycles. The molecule has 1 N–H and O–H groups in total. The molecule has 0 radical (unpaired) electrons. The summed E-state index contributed by atoms with van der Waals surface area (Å²) < 4.78 is 4.63. The Morgan fingerprint density at radius 2 is 1.90 bits per heavy atom. The van der Waals surface area contributed by atoms with E-state index < -0.39 is 0 Å². The van der Waals surface area contributed by atoms with E-state index in [-0.39, 0.29) is 11.9 Å². The highest BCUT2D eigenvalue weighted by Crippen LogP contribution is 2.16. The number of thiazole rings is 1. The number of methoxy groups -OCH3 is 1. The minimum atomic E-state index is -0.376. The number of esters is 1. The van der Waals surface area contributed by atoms with Crippen LogP contribution >= 0.6 is 11.3 Å². The highest BCUT2D eigenvalue weighted by molar-refractivity contribution is 7.11. The molecule has 21 heavy (non-hydrogen) atoms. The predicted octanol–water partition coefficient (Wildman–Crippen LogP) is 2.48. The van der Waals surface area contributed by atoms with E-state index in [9.17, 15) is 9.59 Å². The topological polar surface area (TPSA) is 68.3 Å². The van der Waals surface area contributed by atoms with Gasteiger partial charge in [-0.15, -0.1) is 11.3 Å². The maximum atomic E-state index is 12.0. The summed E-state index contributed by atoms with van der Waals surface area (Å²) in [7, 11) is 1.34. The minimum Gasteiger partial charge on any atom is -0.465 e. The van der Waals surface area contributed by atoms with E-state index in [0.717, 1.165) is 15.4 Å². The van der Waals surface area contributed by atoms with Gasteiger partial charge >= 0.3 is 5.97 Å². The molecule has 1 amide bonds. The first-order chi connectivity index (χ1) is 10.0. The molecule has 0 atom stereocenters. The van der Waals surface area contributed by atoms with E-state index in [4.69, 9.17) is 0 Å². The van der Waals surface area contributed by atoms with Crippen molar-refractivity contribution in [2.45, 2.75) is 20.4 Å². The summed E-state index contributed by atoms with van der Waals surface area (Å²) in [6.07, 6.45) is 0. The van der Waals surface area contributed by atoms with Crippen LogP contribution in [0.25, 0.3) is 0 Å². The molecule has 0 saturated heterocycles. The molecule has 5 nitrogen and oxygen atoms in total. The third-order valence-electron chi connectivity index (χ3n) is 2.95. The summed E-state index contributed by atoms with van der Waals surface area (Å²) in [5, 5.41) is 3.70. The molecule has 110 valence electrons. The number of aromatic nitrogens is 1. The van der Waals surface area contributed by atoms with Crippen molar-refractivity contribution < 1.29 is 14.3 Å². The fourth-order valence-corrected chi connectivity index (χ4v) is 2.70. The van der Waals surface area contributed by atoms with Gasteiger partial charge in [0.2, 0.25) is 0 Å². The predicted molar refractivity (Wildman–Crippen MR) is 80.5 cm³/mol.